The van der Waals surface area contributed by atoms with Crippen LogP contribution in [0.2, 0.25) is 0 Å². The third-order valence-electron chi connectivity index (χ3n) is 3.74. The van der Waals surface area contributed by atoms with Gasteiger partial charge in [0.15, 0.2) is 0 Å². The first-order valence-corrected chi connectivity index (χ1v) is 9.21. The molecule has 0 spiro atoms. The van der Waals surface area contributed by atoms with Crippen LogP contribution < -0.4 is 4.72 Å². The second-order valence-electron chi connectivity index (χ2n) is 6.68. The summed E-state index contributed by atoms with van der Waals surface area (Å²) >= 11 is 0. The molecule has 25 heavy (non-hydrogen) atoms. The molecule has 1 aromatic heterocycles. The highest BCUT2D eigenvalue weighted by molar-refractivity contribution is 7.92. The number of sulfonamides is 1. The molecule has 0 saturated carbocycles. The number of hydrogen-bond acceptors (Lipinski definition) is 5. The van der Waals surface area contributed by atoms with Gasteiger partial charge in [-0.3, -0.25) is 4.72 Å². The summed E-state index contributed by atoms with van der Waals surface area (Å²) in [5.41, 5.74) is 2.23. The van der Waals surface area contributed by atoms with Gasteiger partial charge in [-0.05, 0) is 51.7 Å². The predicted molar refractivity (Wildman–Crippen MR) is 95.1 cm³/mol. The van der Waals surface area contributed by atoms with Gasteiger partial charge in [0.05, 0.1) is 10.6 Å². The molecule has 2 aromatic carbocycles. The third kappa shape index (κ3) is 3.85. The Hall–Kier alpha value is -2.74. The van der Waals surface area contributed by atoms with Gasteiger partial charge in [0.25, 0.3) is 10.0 Å². The van der Waals surface area contributed by atoms with Crippen molar-refractivity contribution in [3.05, 3.63) is 60.4 Å². The van der Waals surface area contributed by atoms with Crippen molar-refractivity contribution in [2.75, 3.05) is 4.72 Å². The number of nitrogens with one attached hydrogen (secondary N) is 1. The maximum atomic E-state index is 12.6. The summed E-state index contributed by atoms with van der Waals surface area (Å²) in [7, 11) is -3.71. The normalized spacial score (nSPS) is 12.1. The van der Waals surface area contributed by atoms with Gasteiger partial charge in [-0.1, -0.05) is 39.0 Å². The number of hydrogen-bond donors (Lipinski definition) is 1. The Morgan fingerprint density at radius 1 is 1.04 bits per heavy atom. The Morgan fingerprint density at radius 3 is 2.36 bits per heavy atom. The molecule has 7 nitrogen and oxygen atoms in total. The molecule has 130 valence electrons. The van der Waals surface area contributed by atoms with Gasteiger partial charge in [0, 0.05) is 5.69 Å². The number of aromatic nitrogens is 4. The monoisotopic (exact) mass is 357 g/mol. The summed E-state index contributed by atoms with van der Waals surface area (Å²) in [5, 5.41) is 10.9. The van der Waals surface area contributed by atoms with E-state index in [0.29, 0.717) is 11.4 Å². The number of rotatable bonds is 4. The molecular weight excluding hydrogens is 338 g/mol. The zero-order valence-corrected chi connectivity index (χ0v) is 15.0. The quantitative estimate of drug-likeness (QED) is 0.775. The Labute approximate surface area is 146 Å². The van der Waals surface area contributed by atoms with E-state index in [-0.39, 0.29) is 10.3 Å². The maximum Gasteiger partial charge on any atom is 0.261 e. The van der Waals surface area contributed by atoms with Crippen LogP contribution in [0.1, 0.15) is 26.3 Å². The molecule has 0 bridgehead atoms. The molecular formula is C17H19N5O2S. The molecule has 1 heterocycles. The van der Waals surface area contributed by atoms with E-state index >= 15 is 0 Å². The summed E-state index contributed by atoms with van der Waals surface area (Å²) in [4.78, 5) is 0.139. The first kappa shape index (κ1) is 17.1. The van der Waals surface area contributed by atoms with E-state index in [0.717, 1.165) is 5.56 Å². The van der Waals surface area contributed by atoms with Crippen LogP contribution in [0.4, 0.5) is 5.69 Å². The maximum absolute atomic E-state index is 12.6. The molecule has 0 radical (unpaired) electrons. The first-order chi connectivity index (χ1) is 11.8. The highest BCUT2D eigenvalue weighted by Gasteiger charge is 2.17. The number of tetrazole rings is 1. The average molecular weight is 357 g/mol. The lowest BCUT2D eigenvalue weighted by molar-refractivity contribution is 0.590. The fraction of sp³-hybridized carbons (Fsp3) is 0.235. The minimum Gasteiger partial charge on any atom is -0.280 e. The van der Waals surface area contributed by atoms with E-state index < -0.39 is 10.0 Å². The van der Waals surface area contributed by atoms with E-state index in [1.165, 1.54) is 23.1 Å². The lowest BCUT2D eigenvalue weighted by Crippen LogP contribution is -2.14. The van der Waals surface area contributed by atoms with Crippen LogP contribution in [-0.2, 0) is 15.4 Å². The highest BCUT2D eigenvalue weighted by atomic mass is 32.2. The lowest BCUT2D eigenvalue weighted by atomic mass is 9.87. The van der Waals surface area contributed by atoms with Gasteiger partial charge < -0.3 is 0 Å². The van der Waals surface area contributed by atoms with E-state index in [9.17, 15) is 8.42 Å². The van der Waals surface area contributed by atoms with Crippen molar-refractivity contribution >= 4 is 15.7 Å². The Kier molecular flexibility index (Phi) is 4.30. The molecule has 8 heteroatoms. The fourth-order valence-corrected chi connectivity index (χ4v) is 3.42. The van der Waals surface area contributed by atoms with E-state index in [2.05, 4.69) is 41.0 Å². The zero-order valence-electron chi connectivity index (χ0n) is 14.2. The van der Waals surface area contributed by atoms with E-state index in [1.54, 1.807) is 24.3 Å². The molecule has 0 fully saturated rings. The molecule has 0 atom stereocenters. The Morgan fingerprint density at radius 2 is 1.76 bits per heavy atom. The van der Waals surface area contributed by atoms with Crippen molar-refractivity contribution in [1.82, 2.24) is 20.2 Å². The van der Waals surface area contributed by atoms with Gasteiger partial charge in [0.2, 0.25) is 0 Å². The zero-order chi connectivity index (χ0) is 18.1. The van der Waals surface area contributed by atoms with Gasteiger partial charge in [0.1, 0.15) is 6.33 Å². The third-order valence-corrected chi connectivity index (χ3v) is 5.12. The molecule has 1 N–H and O–H groups in total. The molecule has 0 aliphatic rings. The van der Waals surface area contributed by atoms with E-state index in [1.807, 2.05) is 12.1 Å². The summed E-state index contributed by atoms with van der Waals surface area (Å²) in [5.74, 6) is 0. The minimum absolute atomic E-state index is 0.0115. The molecule has 0 aliphatic carbocycles. The van der Waals surface area contributed by atoms with Crippen molar-refractivity contribution in [3.63, 3.8) is 0 Å². The van der Waals surface area contributed by atoms with Gasteiger partial charge in [-0.15, -0.1) is 5.10 Å². The van der Waals surface area contributed by atoms with Crippen LogP contribution in [-0.4, -0.2) is 28.6 Å². The standard InChI is InChI=1S/C17H19N5O2S/c1-17(2,3)13-7-9-14(10-8-13)19-25(23,24)16-6-4-5-15(11-16)22-12-18-20-21-22/h4-12,19H,1-3H3. The number of benzene rings is 2. The first-order valence-electron chi connectivity index (χ1n) is 7.72. The van der Waals surface area contributed by atoms with Crippen molar-refractivity contribution in [2.45, 2.75) is 31.1 Å². The second-order valence-corrected chi connectivity index (χ2v) is 8.37. The average Bonchev–Trinajstić information content (AvgIpc) is 3.09. The van der Waals surface area contributed by atoms with Gasteiger partial charge >= 0.3 is 0 Å². The lowest BCUT2D eigenvalue weighted by Gasteiger charge is -2.19. The van der Waals surface area contributed by atoms with Crippen molar-refractivity contribution in [3.8, 4) is 5.69 Å². The van der Waals surface area contributed by atoms with Crippen LogP contribution in [0, 0.1) is 0 Å². The van der Waals surface area contributed by atoms with Crippen LogP contribution in [0.15, 0.2) is 59.8 Å². The van der Waals surface area contributed by atoms with Crippen LogP contribution in [0.3, 0.4) is 0 Å². The molecule has 0 aliphatic heterocycles. The fourth-order valence-electron chi connectivity index (χ4n) is 2.33. The molecule has 0 unspecified atom stereocenters. The SMILES string of the molecule is CC(C)(C)c1ccc(NS(=O)(=O)c2cccc(-n3cnnn3)c2)cc1. The molecule has 3 aromatic rings. The predicted octanol–water partition coefficient (Wildman–Crippen LogP) is 2.76. The van der Waals surface area contributed by atoms with Crippen molar-refractivity contribution < 1.29 is 8.42 Å². The highest BCUT2D eigenvalue weighted by Crippen LogP contribution is 2.25. The summed E-state index contributed by atoms with van der Waals surface area (Å²) in [6.07, 6.45) is 1.41. The Bertz CT molecular complexity index is 959. The van der Waals surface area contributed by atoms with Gasteiger partial charge in [-0.2, -0.15) is 0 Å². The van der Waals surface area contributed by atoms with Crippen LogP contribution in [0.25, 0.3) is 5.69 Å². The molecule has 3 rings (SSSR count). The van der Waals surface area contributed by atoms with Crippen LogP contribution in [0.5, 0.6) is 0 Å². The summed E-state index contributed by atoms with van der Waals surface area (Å²) in [6, 6.07) is 13.8. The largest absolute Gasteiger partial charge is 0.280 e. The van der Waals surface area contributed by atoms with Gasteiger partial charge in [-0.25, -0.2) is 13.1 Å². The second kappa shape index (κ2) is 6.29. The topological polar surface area (TPSA) is 89.8 Å². The summed E-state index contributed by atoms with van der Waals surface area (Å²) in [6.45, 7) is 6.32. The number of nitrogens with zero attached hydrogens (tertiary/aromatic N) is 4. The molecule has 0 amide bonds. The van der Waals surface area contributed by atoms with Crippen molar-refractivity contribution in [1.29, 1.82) is 0 Å². The van der Waals surface area contributed by atoms with Crippen molar-refractivity contribution in [2.24, 2.45) is 0 Å². The number of anilines is 1. The molecule has 0 saturated heterocycles. The van der Waals surface area contributed by atoms with E-state index in [4.69, 9.17) is 0 Å². The van der Waals surface area contributed by atoms with Crippen LogP contribution >= 0.6 is 0 Å². The Balaban J connectivity index is 1.86. The summed E-state index contributed by atoms with van der Waals surface area (Å²) < 4.78 is 29.3. The minimum atomic E-state index is -3.71. The smallest absolute Gasteiger partial charge is 0.261 e.